The number of rotatable bonds is 5. The Labute approximate surface area is 144 Å². The molecule has 132 valence electrons. The van der Waals surface area contributed by atoms with Gasteiger partial charge >= 0.3 is 0 Å². The summed E-state index contributed by atoms with van der Waals surface area (Å²) >= 11 is 0. The van der Waals surface area contributed by atoms with Crippen molar-refractivity contribution >= 4 is 5.91 Å². The lowest BCUT2D eigenvalue weighted by Crippen LogP contribution is -2.32. The Morgan fingerprint density at radius 2 is 1.96 bits per heavy atom. The normalized spacial score (nSPS) is 26.0. The molecule has 0 unspecified atom stereocenters. The number of aliphatic hydroxyl groups excluding tert-OH is 1. The molecule has 2 aliphatic rings. The lowest BCUT2D eigenvalue weighted by atomic mass is 9.92. The molecule has 3 heterocycles. The van der Waals surface area contributed by atoms with Gasteiger partial charge in [-0.05, 0) is 69.4 Å². The molecule has 2 saturated heterocycles. The fraction of sp³-hybridized carbons (Fsp3) is 0.684. The van der Waals surface area contributed by atoms with Gasteiger partial charge in [-0.2, -0.15) is 0 Å². The number of β-amino-alcohol motifs (C(OH)–C–C–N with tert-alkyl or cyclic N) is 1. The predicted octanol–water partition coefficient (Wildman–Crippen LogP) is 1.57. The van der Waals surface area contributed by atoms with Crippen LogP contribution >= 0.6 is 0 Å². The average molecular weight is 331 g/mol. The van der Waals surface area contributed by atoms with Gasteiger partial charge in [-0.15, -0.1) is 0 Å². The predicted molar refractivity (Wildman–Crippen MR) is 93.5 cm³/mol. The van der Waals surface area contributed by atoms with E-state index in [0.29, 0.717) is 25.4 Å². The van der Waals surface area contributed by atoms with Gasteiger partial charge in [0, 0.05) is 37.8 Å². The summed E-state index contributed by atoms with van der Waals surface area (Å²) in [5.74, 6) is 1.04. The highest BCUT2D eigenvalue weighted by atomic mass is 16.3. The summed E-state index contributed by atoms with van der Waals surface area (Å²) in [5, 5.41) is 10.3. The van der Waals surface area contributed by atoms with Crippen LogP contribution in [0.1, 0.15) is 31.2 Å². The van der Waals surface area contributed by atoms with Crippen molar-refractivity contribution in [2.45, 2.75) is 38.2 Å². The first kappa shape index (κ1) is 17.4. The third-order valence-corrected chi connectivity index (χ3v) is 5.61. The first-order valence-corrected chi connectivity index (χ1v) is 9.15. The van der Waals surface area contributed by atoms with E-state index >= 15 is 0 Å². The van der Waals surface area contributed by atoms with Crippen LogP contribution < -0.4 is 0 Å². The first-order chi connectivity index (χ1) is 11.6. The van der Waals surface area contributed by atoms with E-state index in [1.165, 1.54) is 18.4 Å². The zero-order chi connectivity index (χ0) is 16.9. The molecule has 1 amide bonds. The standard InChI is InChI=1S/C19H29N3O2/c1-21-10-6-15(7-11-21)2-3-19(24)22-13-17(18(23)14-22)12-16-4-8-20-9-5-16/h4-5,8-9,15,17-18,23H,2-3,6-7,10-14H2,1H3/t17-,18-/m1/s1. The molecule has 0 bridgehead atoms. The van der Waals surface area contributed by atoms with Crippen molar-refractivity contribution in [3.63, 3.8) is 0 Å². The molecule has 5 heteroatoms. The molecule has 24 heavy (non-hydrogen) atoms. The van der Waals surface area contributed by atoms with Crippen LogP contribution in [0, 0.1) is 11.8 Å². The van der Waals surface area contributed by atoms with Crippen LogP contribution in [0.25, 0.3) is 0 Å². The van der Waals surface area contributed by atoms with Crippen LogP contribution in [-0.4, -0.2) is 65.1 Å². The highest BCUT2D eigenvalue weighted by Gasteiger charge is 2.33. The molecule has 1 aromatic rings. The largest absolute Gasteiger partial charge is 0.391 e. The fourth-order valence-electron chi connectivity index (χ4n) is 3.92. The molecule has 5 nitrogen and oxygen atoms in total. The molecule has 2 atom stereocenters. The summed E-state index contributed by atoms with van der Waals surface area (Å²) in [6.45, 7) is 3.46. The van der Waals surface area contributed by atoms with Gasteiger partial charge in [0.15, 0.2) is 0 Å². The first-order valence-electron chi connectivity index (χ1n) is 9.15. The van der Waals surface area contributed by atoms with Gasteiger partial charge in [0.05, 0.1) is 6.10 Å². The second-order valence-corrected chi connectivity index (χ2v) is 7.47. The van der Waals surface area contributed by atoms with E-state index in [-0.39, 0.29) is 11.8 Å². The fourth-order valence-corrected chi connectivity index (χ4v) is 3.92. The van der Waals surface area contributed by atoms with Crippen molar-refractivity contribution in [2.75, 3.05) is 33.2 Å². The second kappa shape index (κ2) is 8.08. The molecule has 1 N–H and O–H groups in total. The SMILES string of the molecule is CN1CCC(CCC(=O)N2C[C@@H](Cc3ccncc3)[C@H](O)C2)CC1. The molecule has 0 spiro atoms. The molecule has 0 saturated carbocycles. The van der Waals surface area contributed by atoms with Gasteiger partial charge in [0.25, 0.3) is 0 Å². The molecule has 0 radical (unpaired) electrons. The van der Waals surface area contributed by atoms with Gasteiger partial charge < -0.3 is 14.9 Å². The number of hydrogen-bond acceptors (Lipinski definition) is 4. The number of carbonyl (C=O) groups excluding carboxylic acids is 1. The van der Waals surface area contributed by atoms with Crippen LogP contribution in [0.4, 0.5) is 0 Å². The van der Waals surface area contributed by atoms with E-state index in [2.05, 4.69) is 16.9 Å². The maximum Gasteiger partial charge on any atom is 0.222 e. The summed E-state index contributed by atoms with van der Waals surface area (Å²) in [6, 6.07) is 3.97. The highest BCUT2D eigenvalue weighted by molar-refractivity contribution is 5.76. The molecule has 1 aromatic heterocycles. The minimum Gasteiger partial charge on any atom is -0.391 e. The Balaban J connectivity index is 1.44. The van der Waals surface area contributed by atoms with Crippen molar-refractivity contribution in [1.29, 1.82) is 0 Å². The van der Waals surface area contributed by atoms with E-state index in [1.807, 2.05) is 17.0 Å². The number of aliphatic hydroxyl groups is 1. The van der Waals surface area contributed by atoms with E-state index in [4.69, 9.17) is 0 Å². The zero-order valence-electron chi connectivity index (χ0n) is 14.6. The maximum atomic E-state index is 12.5. The van der Waals surface area contributed by atoms with Crippen molar-refractivity contribution in [2.24, 2.45) is 11.8 Å². The highest BCUT2D eigenvalue weighted by Crippen LogP contribution is 2.25. The lowest BCUT2D eigenvalue weighted by molar-refractivity contribution is -0.131. The number of hydrogen-bond donors (Lipinski definition) is 1. The van der Waals surface area contributed by atoms with Gasteiger partial charge in [-0.25, -0.2) is 0 Å². The summed E-state index contributed by atoms with van der Waals surface area (Å²) in [7, 11) is 2.16. The number of nitrogens with zero attached hydrogens (tertiary/aromatic N) is 3. The maximum absolute atomic E-state index is 12.5. The second-order valence-electron chi connectivity index (χ2n) is 7.47. The molecule has 3 rings (SSSR count). The minimum atomic E-state index is -0.412. The van der Waals surface area contributed by atoms with Crippen molar-refractivity contribution in [3.05, 3.63) is 30.1 Å². The monoisotopic (exact) mass is 331 g/mol. The van der Waals surface area contributed by atoms with E-state index in [9.17, 15) is 9.90 Å². The number of likely N-dealkylation sites (tertiary alicyclic amines) is 2. The van der Waals surface area contributed by atoms with Crippen LogP contribution in [0.3, 0.4) is 0 Å². The van der Waals surface area contributed by atoms with Crippen LogP contribution in [0.2, 0.25) is 0 Å². The number of aromatic nitrogens is 1. The average Bonchev–Trinajstić information content (AvgIpc) is 2.96. The Kier molecular flexibility index (Phi) is 5.85. The van der Waals surface area contributed by atoms with Crippen molar-refractivity contribution in [3.8, 4) is 0 Å². The Bertz CT molecular complexity index is 529. The third kappa shape index (κ3) is 4.54. The molecular weight excluding hydrogens is 302 g/mol. The molecule has 0 aliphatic carbocycles. The lowest BCUT2D eigenvalue weighted by Gasteiger charge is -2.29. The Hall–Kier alpha value is -1.46. The molecule has 2 fully saturated rings. The zero-order valence-corrected chi connectivity index (χ0v) is 14.6. The van der Waals surface area contributed by atoms with Crippen molar-refractivity contribution < 1.29 is 9.90 Å². The van der Waals surface area contributed by atoms with Gasteiger partial charge in [-0.1, -0.05) is 0 Å². The van der Waals surface area contributed by atoms with E-state index in [0.717, 1.165) is 25.9 Å². The summed E-state index contributed by atoms with van der Waals surface area (Å²) in [6.07, 6.45) is 7.99. The van der Waals surface area contributed by atoms with Crippen LogP contribution in [0.5, 0.6) is 0 Å². The molecule has 2 aliphatic heterocycles. The van der Waals surface area contributed by atoms with Gasteiger partial charge in [-0.3, -0.25) is 9.78 Å². The van der Waals surface area contributed by atoms with Gasteiger partial charge in [0.1, 0.15) is 0 Å². The topological polar surface area (TPSA) is 56.7 Å². The molecular formula is C19H29N3O2. The van der Waals surface area contributed by atoms with Crippen molar-refractivity contribution in [1.82, 2.24) is 14.8 Å². The Morgan fingerprint density at radius 3 is 2.67 bits per heavy atom. The Morgan fingerprint density at radius 1 is 1.25 bits per heavy atom. The van der Waals surface area contributed by atoms with Crippen LogP contribution in [-0.2, 0) is 11.2 Å². The van der Waals surface area contributed by atoms with Gasteiger partial charge in [0.2, 0.25) is 5.91 Å². The number of amides is 1. The van der Waals surface area contributed by atoms with E-state index in [1.54, 1.807) is 12.4 Å². The van der Waals surface area contributed by atoms with Crippen LogP contribution in [0.15, 0.2) is 24.5 Å². The summed E-state index contributed by atoms with van der Waals surface area (Å²) in [5.41, 5.74) is 1.18. The minimum absolute atomic E-state index is 0.139. The number of piperidine rings is 1. The number of pyridine rings is 1. The summed E-state index contributed by atoms with van der Waals surface area (Å²) in [4.78, 5) is 20.7. The number of carbonyl (C=O) groups is 1. The quantitative estimate of drug-likeness (QED) is 0.890. The molecule has 0 aromatic carbocycles. The summed E-state index contributed by atoms with van der Waals surface area (Å²) < 4.78 is 0. The van der Waals surface area contributed by atoms with E-state index < -0.39 is 6.10 Å². The smallest absolute Gasteiger partial charge is 0.222 e. The third-order valence-electron chi connectivity index (χ3n) is 5.61.